The van der Waals surface area contributed by atoms with Crippen molar-refractivity contribution in [3.63, 3.8) is 0 Å². The molecule has 1 aromatic carbocycles. The molecule has 23 heavy (non-hydrogen) atoms. The number of urea groups is 1. The number of hydrogen-bond donors (Lipinski definition) is 1. The third-order valence-electron chi connectivity index (χ3n) is 4.55. The van der Waals surface area contributed by atoms with Crippen molar-refractivity contribution in [3.8, 4) is 5.75 Å². The van der Waals surface area contributed by atoms with Gasteiger partial charge in [0.1, 0.15) is 12.4 Å². The highest BCUT2D eigenvalue weighted by atomic mass is 16.5. The van der Waals surface area contributed by atoms with Gasteiger partial charge in [0.05, 0.1) is 6.61 Å². The molecular weight excluding hydrogens is 292 g/mol. The molecule has 0 bridgehead atoms. The number of likely N-dealkylation sites (tertiary alicyclic amines) is 1. The topological polar surface area (TPSA) is 50.8 Å². The highest BCUT2D eigenvalue weighted by molar-refractivity contribution is 5.89. The summed E-state index contributed by atoms with van der Waals surface area (Å²) in [7, 11) is 1.64. The third-order valence-corrected chi connectivity index (χ3v) is 4.55. The van der Waals surface area contributed by atoms with Crippen molar-refractivity contribution in [2.24, 2.45) is 11.8 Å². The first-order valence-corrected chi connectivity index (χ1v) is 8.19. The Morgan fingerprint density at radius 2 is 1.96 bits per heavy atom. The number of anilines is 1. The van der Waals surface area contributed by atoms with Crippen molar-refractivity contribution >= 4 is 11.7 Å². The van der Waals surface area contributed by atoms with E-state index in [-0.39, 0.29) is 6.03 Å². The first kappa shape index (κ1) is 15.9. The van der Waals surface area contributed by atoms with Crippen LogP contribution in [0.5, 0.6) is 5.75 Å². The van der Waals surface area contributed by atoms with Crippen LogP contribution in [0.4, 0.5) is 10.5 Å². The summed E-state index contributed by atoms with van der Waals surface area (Å²) in [6.45, 7) is 2.74. The van der Waals surface area contributed by atoms with E-state index in [1.165, 1.54) is 0 Å². The molecule has 3 rings (SSSR count). The van der Waals surface area contributed by atoms with E-state index in [2.05, 4.69) is 17.5 Å². The van der Waals surface area contributed by atoms with E-state index in [1.54, 1.807) is 7.11 Å². The number of allylic oxidation sites excluding steroid dienone is 2. The molecule has 124 valence electrons. The first-order chi connectivity index (χ1) is 11.3. The van der Waals surface area contributed by atoms with Crippen LogP contribution in [-0.4, -0.2) is 44.3 Å². The number of carbonyl (C=O) groups is 1. The molecule has 0 aromatic heterocycles. The Morgan fingerprint density at radius 3 is 2.65 bits per heavy atom. The number of carbonyl (C=O) groups excluding carboxylic acids is 1. The Labute approximate surface area is 137 Å². The van der Waals surface area contributed by atoms with Crippen LogP contribution in [-0.2, 0) is 4.74 Å². The van der Waals surface area contributed by atoms with Crippen LogP contribution in [0.1, 0.15) is 12.8 Å². The molecule has 1 N–H and O–H groups in total. The van der Waals surface area contributed by atoms with Crippen LogP contribution in [0, 0.1) is 11.8 Å². The molecule has 5 nitrogen and oxygen atoms in total. The van der Waals surface area contributed by atoms with Gasteiger partial charge in [0, 0.05) is 32.0 Å². The third kappa shape index (κ3) is 4.05. The van der Waals surface area contributed by atoms with Gasteiger partial charge < -0.3 is 19.7 Å². The molecule has 2 atom stereocenters. The van der Waals surface area contributed by atoms with Crippen molar-refractivity contribution in [2.75, 3.05) is 38.7 Å². The minimum absolute atomic E-state index is 0.0200. The summed E-state index contributed by atoms with van der Waals surface area (Å²) in [6, 6.07) is 7.46. The number of rotatable bonds is 5. The molecule has 2 unspecified atom stereocenters. The van der Waals surface area contributed by atoms with Crippen molar-refractivity contribution in [2.45, 2.75) is 12.8 Å². The average molecular weight is 316 g/mol. The van der Waals surface area contributed by atoms with Gasteiger partial charge in [-0.2, -0.15) is 0 Å². The highest BCUT2D eigenvalue weighted by Crippen LogP contribution is 2.33. The molecule has 5 heteroatoms. The predicted octanol–water partition coefficient (Wildman–Crippen LogP) is 3.14. The molecule has 1 aliphatic carbocycles. The van der Waals surface area contributed by atoms with E-state index < -0.39 is 0 Å². The van der Waals surface area contributed by atoms with Gasteiger partial charge in [0.25, 0.3) is 0 Å². The molecule has 1 heterocycles. The molecule has 2 amide bonds. The van der Waals surface area contributed by atoms with E-state index in [0.717, 1.165) is 37.4 Å². The monoisotopic (exact) mass is 316 g/mol. The molecule has 1 aliphatic heterocycles. The molecule has 0 saturated carbocycles. The highest BCUT2D eigenvalue weighted by Gasteiger charge is 2.35. The van der Waals surface area contributed by atoms with Crippen LogP contribution < -0.4 is 10.1 Å². The normalized spacial score (nSPS) is 22.7. The van der Waals surface area contributed by atoms with Crippen molar-refractivity contribution in [3.05, 3.63) is 36.4 Å². The minimum atomic E-state index is -0.0200. The zero-order chi connectivity index (χ0) is 16.1. The maximum atomic E-state index is 12.5. The quantitative estimate of drug-likeness (QED) is 0.670. The van der Waals surface area contributed by atoms with Gasteiger partial charge in [-0.25, -0.2) is 4.79 Å². The number of hydrogen-bond acceptors (Lipinski definition) is 3. The number of fused-ring (bicyclic) bond motifs is 1. The van der Waals surface area contributed by atoms with Crippen molar-refractivity contribution < 1.29 is 14.3 Å². The minimum Gasteiger partial charge on any atom is -0.491 e. The van der Waals surface area contributed by atoms with Crippen molar-refractivity contribution in [1.29, 1.82) is 0 Å². The maximum absolute atomic E-state index is 12.5. The van der Waals surface area contributed by atoms with Gasteiger partial charge in [-0.3, -0.25) is 0 Å². The Balaban J connectivity index is 1.54. The number of nitrogens with zero attached hydrogens (tertiary/aromatic N) is 1. The fraction of sp³-hybridized carbons (Fsp3) is 0.500. The summed E-state index contributed by atoms with van der Waals surface area (Å²) in [5.74, 6) is 1.98. The van der Waals surface area contributed by atoms with E-state index >= 15 is 0 Å². The van der Waals surface area contributed by atoms with Crippen LogP contribution in [0.3, 0.4) is 0 Å². The molecule has 2 aliphatic rings. The van der Waals surface area contributed by atoms with Crippen LogP contribution in [0.25, 0.3) is 0 Å². The Hall–Kier alpha value is -2.01. The molecule has 1 fully saturated rings. The van der Waals surface area contributed by atoms with E-state index in [4.69, 9.17) is 9.47 Å². The van der Waals surface area contributed by atoms with Gasteiger partial charge in [0.15, 0.2) is 0 Å². The summed E-state index contributed by atoms with van der Waals surface area (Å²) in [5, 5.41) is 2.98. The zero-order valence-corrected chi connectivity index (χ0v) is 13.5. The maximum Gasteiger partial charge on any atom is 0.321 e. The fourth-order valence-electron chi connectivity index (χ4n) is 3.29. The number of benzene rings is 1. The summed E-state index contributed by atoms with van der Waals surface area (Å²) >= 11 is 0. The van der Waals surface area contributed by atoms with Crippen molar-refractivity contribution in [1.82, 2.24) is 4.90 Å². The second-order valence-electron chi connectivity index (χ2n) is 6.17. The number of amides is 2. The lowest BCUT2D eigenvalue weighted by atomic mass is 9.86. The SMILES string of the molecule is COCCOc1cccc(NC(=O)N2CC3CC=CCC3C2)c1. The van der Waals surface area contributed by atoms with E-state index in [0.29, 0.717) is 25.0 Å². The second-order valence-corrected chi connectivity index (χ2v) is 6.17. The lowest BCUT2D eigenvalue weighted by Gasteiger charge is -2.17. The van der Waals surface area contributed by atoms with Gasteiger partial charge in [-0.15, -0.1) is 0 Å². The van der Waals surface area contributed by atoms with Gasteiger partial charge in [-0.05, 0) is 36.8 Å². The smallest absolute Gasteiger partial charge is 0.321 e. The molecule has 1 aromatic rings. The van der Waals surface area contributed by atoms with Crippen LogP contribution >= 0.6 is 0 Å². The molecule has 0 radical (unpaired) electrons. The van der Waals surface area contributed by atoms with E-state index in [1.807, 2.05) is 29.2 Å². The molecule has 1 saturated heterocycles. The summed E-state index contributed by atoms with van der Waals surface area (Å²) in [4.78, 5) is 14.4. The molecule has 0 spiro atoms. The van der Waals surface area contributed by atoms with Crippen LogP contribution in [0.2, 0.25) is 0 Å². The number of methoxy groups -OCH3 is 1. The van der Waals surface area contributed by atoms with Gasteiger partial charge >= 0.3 is 6.03 Å². The first-order valence-electron chi connectivity index (χ1n) is 8.19. The lowest BCUT2D eigenvalue weighted by molar-refractivity contribution is 0.146. The summed E-state index contributed by atoms with van der Waals surface area (Å²) < 4.78 is 10.5. The van der Waals surface area contributed by atoms with Gasteiger partial charge in [0.2, 0.25) is 0 Å². The number of nitrogens with one attached hydrogen (secondary N) is 1. The lowest BCUT2D eigenvalue weighted by Crippen LogP contribution is -2.33. The predicted molar refractivity (Wildman–Crippen MR) is 89.8 cm³/mol. The second kappa shape index (κ2) is 7.51. The zero-order valence-electron chi connectivity index (χ0n) is 13.5. The fourth-order valence-corrected chi connectivity index (χ4v) is 3.29. The van der Waals surface area contributed by atoms with Gasteiger partial charge in [-0.1, -0.05) is 18.2 Å². The summed E-state index contributed by atoms with van der Waals surface area (Å²) in [5.41, 5.74) is 0.762. The Bertz CT molecular complexity index is 557. The largest absolute Gasteiger partial charge is 0.491 e. The number of ether oxygens (including phenoxy) is 2. The van der Waals surface area contributed by atoms with E-state index in [9.17, 15) is 4.79 Å². The summed E-state index contributed by atoms with van der Waals surface area (Å²) in [6.07, 6.45) is 6.67. The standard InChI is InChI=1S/C18H24N2O3/c1-22-9-10-23-17-8-4-7-16(11-17)19-18(21)20-12-14-5-2-3-6-15(14)13-20/h2-4,7-8,11,14-15H,5-6,9-10,12-13H2,1H3,(H,19,21). The van der Waals surface area contributed by atoms with Crippen LogP contribution in [0.15, 0.2) is 36.4 Å². The average Bonchev–Trinajstić information content (AvgIpc) is 3.00. The Morgan fingerprint density at radius 1 is 1.22 bits per heavy atom. The Kier molecular flexibility index (Phi) is 5.18. The molecular formula is C18H24N2O3.